The molecule has 156 valence electrons. The smallest absolute Gasteiger partial charge is 0.325 e. The number of amides is 4. The van der Waals surface area contributed by atoms with Crippen LogP contribution in [0.2, 0.25) is 5.02 Å². The van der Waals surface area contributed by atoms with Crippen LogP contribution >= 0.6 is 11.6 Å². The number of imide groups is 1. The second kappa shape index (κ2) is 7.53. The zero-order chi connectivity index (χ0) is 21.5. The van der Waals surface area contributed by atoms with Crippen LogP contribution in [0.15, 0.2) is 36.4 Å². The summed E-state index contributed by atoms with van der Waals surface area (Å²) in [7, 11) is 0. The van der Waals surface area contributed by atoms with Crippen molar-refractivity contribution in [2.45, 2.75) is 19.4 Å². The molecule has 0 spiro atoms. The predicted octanol–water partition coefficient (Wildman–Crippen LogP) is 2.83. The third-order valence-corrected chi connectivity index (χ3v) is 5.41. The lowest BCUT2D eigenvalue weighted by molar-refractivity contribution is -0.133. The van der Waals surface area contributed by atoms with Crippen LogP contribution in [0.5, 0.6) is 11.5 Å². The van der Waals surface area contributed by atoms with Crippen molar-refractivity contribution in [1.82, 2.24) is 10.2 Å². The number of ether oxygens (including phenoxy) is 2. The number of fused-ring (bicyclic) bond motifs is 1. The first-order chi connectivity index (χ1) is 14.3. The van der Waals surface area contributed by atoms with E-state index in [0.29, 0.717) is 41.0 Å². The van der Waals surface area contributed by atoms with E-state index in [1.54, 1.807) is 43.3 Å². The lowest BCUT2D eigenvalue weighted by atomic mass is 9.91. The topological polar surface area (TPSA) is 97.0 Å². The van der Waals surface area contributed by atoms with Crippen LogP contribution in [0, 0.1) is 6.92 Å². The number of urea groups is 1. The molecule has 2 aromatic carbocycles. The Bertz CT molecular complexity index is 1060. The molecular weight excluding hydrogens is 410 g/mol. The van der Waals surface area contributed by atoms with Crippen LogP contribution in [-0.4, -0.2) is 42.5 Å². The van der Waals surface area contributed by atoms with Crippen LogP contribution in [0.4, 0.5) is 10.5 Å². The molecule has 2 heterocycles. The molecule has 2 aromatic rings. The van der Waals surface area contributed by atoms with Crippen molar-refractivity contribution >= 4 is 35.1 Å². The number of carbonyl (C=O) groups is 3. The molecule has 1 saturated heterocycles. The normalized spacial score (nSPS) is 20.2. The molecule has 0 bridgehead atoms. The molecule has 2 aliphatic heterocycles. The highest BCUT2D eigenvalue weighted by molar-refractivity contribution is 6.31. The molecule has 0 aromatic heterocycles. The quantitative estimate of drug-likeness (QED) is 0.728. The number of aryl methyl sites for hydroxylation is 1. The molecule has 0 radical (unpaired) electrons. The monoisotopic (exact) mass is 429 g/mol. The lowest BCUT2D eigenvalue weighted by Gasteiger charge is -2.25. The fourth-order valence-corrected chi connectivity index (χ4v) is 3.62. The highest BCUT2D eigenvalue weighted by Gasteiger charge is 2.49. The maximum absolute atomic E-state index is 13.1. The van der Waals surface area contributed by atoms with Gasteiger partial charge in [0.05, 0.1) is 0 Å². The fourth-order valence-electron chi connectivity index (χ4n) is 3.45. The van der Waals surface area contributed by atoms with Crippen molar-refractivity contribution in [2.24, 2.45) is 0 Å². The van der Waals surface area contributed by atoms with E-state index in [2.05, 4.69) is 10.6 Å². The summed E-state index contributed by atoms with van der Waals surface area (Å²) >= 11 is 5.97. The predicted molar refractivity (Wildman–Crippen MR) is 110 cm³/mol. The largest absolute Gasteiger partial charge is 0.486 e. The molecule has 2 aliphatic rings. The van der Waals surface area contributed by atoms with Crippen molar-refractivity contribution in [3.8, 4) is 11.5 Å². The van der Waals surface area contributed by atoms with Gasteiger partial charge in [0.15, 0.2) is 11.5 Å². The molecule has 8 nitrogen and oxygen atoms in total. The summed E-state index contributed by atoms with van der Waals surface area (Å²) in [6.07, 6.45) is 0. The van der Waals surface area contributed by atoms with Crippen molar-refractivity contribution < 1.29 is 23.9 Å². The molecule has 1 fully saturated rings. The SMILES string of the molecule is Cc1ccc(Cl)cc1NC(=O)CN1C(=O)NC(C)(c2ccc3c(c2)OCCO3)C1=O. The number of nitrogens with zero attached hydrogens (tertiary/aromatic N) is 1. The maximum Gasteiger partial charge on any atom is 0.325 e. The van der Waals surface area contributed by atoms with Gasteiger partial charge in [0.2, 0.25) is 5.91 Å². The Morgan fingerprint density at radius 1 is 1.17 bits per heavy atom. The standard InChI is InChI=1S/C21H20ClN3O5/c1-12-3-5-14(22)10-15(12)23-18(26)11-25-19(27)21(2,24-20(25)28)13-4-6-16-17(9-13)30-8-7-29-16/h3-6,9-10H,7-8,11H2,1-2H3,(H,23,26)(H,24,28). The number of hydrogen-bond acceptors (Lipinski definition) is 5. The minimum absolute atomic E-state index is 0.405. The molecule has 4 rings (SSSR count). The van der Waals surface area contributed by atoms with E-state index in [4.69, 9.17) is 21.1 Å². The lowest BCUT2D eigenvalue weighted by Crippen LogP contribution is -2.42. The number of benzene rings is 2. The zero-order valence-electron chi connectivity index (χ0n) is 16.5. The van der Waals surface area contributed by atoms with Crippen molar-refractivity contribution in [2.75, 3.05) is 25.1 Å². The number of halogens is 1. The van der Waals surface area contributed by atoms with Gasteiger partial charge in [-0.25, -0.2) is 4.79 Å². The summed E-state index contributed by atoms with van der Waals surface area (Å²) < 4.78 is 11.1. The van der Waals surface area contributed by atoms with Gasteiger partial charge in [-0.2, -0.15) is 0 Å². The molecule has 1 unspecified atom stereocenters. The number of hydrogen-bond donors (Lipinski definition) is 2. The Morgan fingerprint density at radius 2 is 1.90 bits per heavy atom. The Kier molecular flexibility index (Phi) is 5.03. The van der Waals surface area contributed by atoms with Gasteiger partial charge in [0, 0.05) is 10.7 Å². The minimum atomic E-state index is -1.32. The summed E-state index contributed by atoms with van der Waals surface area (Å²) in [5.41, 5.74) is 0.554. The first-order valence-corrected chi connectivity index (χ1v) is 9.76. The van der Waals surface area contributed by atoms with E-state index < -0.39 is 29.9 Å². The van der Waals surface area contributed by atoms with E-state index in [9.17, 15) is 14.4 Å². The minimum Gasteiger partial charge on any atom is -0.486 e. The number of rotatable bonds is 4. The highest BCUT2D eigenvalue weighted by Crippen LogP contribution is 2.36. The van der Waals surface area contributed by atoms with E-state index in [1.807, 2.05) is 6.92 Å². The van der Waals surface area contributed by atoms with Crippen LogP contribution in [0.1, 0.15) is 18.1 Å². The van der Waals surface area contributed by atoms with E-state index in [0.717, 1.165) is 10.5 Å². The Hall–Kier alpha value is -3.26. The maximum atomic E-state index is 13.1. The average molecular weight is 430 g/mol. The summed E-state index contributed by atoms with van der Waals surface area (Å²) in [6, 6.07) is 9.52. The highest BCUT2D eigenvalue weighted by atomic mass is 35.5. The van der Waals surface area contributed by atoms with Gasteiger partial charge in [-0.1, -0.05) is 23.7 Å². The summed E-state index contributed by atoms with van der Waals surface area (Å²) in [4.78, 5) is 39.0. The number of anilines is 1. The molecule has 2 N–H and O–H groups in total. The van der Waals surface area contributed by atoms with E-state index in [1.165, 1.54) is 0 Å². The second-order valence-electron chi connectivity index (χ2n) is 7.31. The van der Waals surface area contributed by atoms with Crippen molar-refractivity contribution in [3.05, 3.63) is 52.5 Å². The van der Waals surface area contributed by atoms with Gasteiger partial charge < -0.3 is 20.1 Å². The fraction of sp³-hybridized carbons (Fsp3) is 0.286. The van der Waals surface area contributed by atoms with Gasteiger partial charge in [-0.3, -0.25) is 14.5 Å². The van der Waals surface area contributed by atoms with Gasteiger partial charge in [-0.05, 0) is 49.2 Å². The molecular formula is C21H20ClN3O5. The van der Waals surface area contributed by atoms with Crippen molar-refractivity contribution in [1.29, 1.82) is 0 Å². The molecule has 0 saturated carbocycles. The molecule has 30 heavy (non-hydrogen) atoms. The molecule has 1 atom stereocenters. The third-order valence-electron chi connectivity index (χ3n) is 5.17. The number of carbonyl (C=O) groups excluding carboxylic acids is 3. The summed E-state index contributed by atoms with van der Waals surface area (Å²) in [5, 5.41) is 5.85. The number of nitrogens with one attached hydrogen (secondary N) is 2. The summed E-state index contributed by atoms with van der Waals surface area (Å²) in [5.74, 6) is 0.0607. The first-order valence-electron chi connectivity index (χ1n) is 9.38. The Balaban J connectivity index is 1.52. The van der Waals surface area contributed by atoms with Crippen LogP contribution in [0.3, 0.4) is 0 Å². The van der Waals surface area contributed by atoms with E-state index in [-0.39, 0.29) is 0 Å². The van der Waals surface area contributed by atoms with Gasteiger partial charge in [-0.15, -0.1) is 0 Å². The van der Waals surface area contributed by atoms with Gasteiger partial charge >= 0.3 is 6.03 Å². The van der Waals surface area contributed by atoms with E-state index >= 15 is 0 Å². The molecule has 9 heteroatoms. The summed E-state index contributed by atoms with van der Waals surface area (Å²) in [6.45, 7) is 3.85. The first kappa shape index (κ1) is 20.0. The zero-order valence-corrected chi connectivity index (χ0v) is 17.2. The van der Waals surface area contributed by atoms with Crippen LogP contribution in [-0.2, 0) is 15.1 Å². The third kappa shape index (κ3) is 3.54. The van der Waals surface area contributed by atoms with Crippen LogP contribution < -0.4 is 20.1 Å². The Labute approximate surface area is 178 Å². The van der Waals surface area contributed by atoms with Crippen molar-refractivity contribution in [3.63, 3.8) is 0 Å². The average Bonchev–Trinajstić information content (AvgIpc) is 2.94. The Morgan fingerprint density at radius 3 is 2.67 bits per heavy atom. The van der Waals surface area contributed by atoms with Gasteiger partial charge in [0.25, 0.3) is 5.91 Å². The van der Waals surface area contributed by atoms with Gasteiger partial charge in [0.1, 0.15) is 25.3 Å². The second-order valence-corrected chi connectivity index (χ2v) is 7.75. The molecule has 0 aliphatic carbocycles. The van der Waals surface area contributed by atoms with Crippen LogP contribution in [0.25, 0.3) is 0 Å². The molecule has 4 amide bonds.